The van der Waals surface area contributed by atoms with Crippen molar-refractivity contribution in [2.45, 2.75) is 31.3 Å². The van der Waals surface area contributed by atoms with Crippen molar-refractivity contribution in [3.63, 3.8) is 0 Å². The topological polar surface area (TPSA) is 97.1 Å². The summed E-state index contributed by atoms with van der Waals surface area (Å²) in [4.78, 5) is 4.08. The van der Waals surface area contributed by atoms with Crippen LogP contribution in [0.2, 0.25) is 0 Å². The summed E-state index contributed by atoms with van der Waals surface area (Å²) in [6, 6.07) is 5.46. The van der Waals surface area contributed by atoms with Crippen LogP contribution in [0.3, 0.4) is 0 Å². The molecule has 1 heterocycles. The van der Waals surface area contributed by atoms with Crippen molar-refractivity contribution in [1.29, 1.82) is 0 Å². The van der Waals surface area contributed by atoms with Crippen LogP contribution in [0.4, 0.5) is 0 Å². The molecule has 8 heteroatoms. The molecule has 2 rings (SSSR count). The second-order valence-corrected chi connectivity index (χ2v) is 6.23. The van der Waals surface area contributed by atoms with E-state index in [4.69, 9.17) is 0 Å². The summed E-state index contributed by atoms with van der Waals surface area (Å²) in [6.07, 6.45) is 1.80. The highest BCUT2D eigenvalue weighted by Crippen LogP contribution is 2.19. The van der Waals surface area contributed by atoms with E-state index in [1.54, 1.807) is 6.07 Å². The predicted octanol–water partition coefficient (Wildman–Crippen LogP) is 0.830. The van der Waals surface area contributed by atoms with Crippen LogP contribution < -0.4 is 10.0 Å². The molecule has 0 spiro atoms. The van der Waals surface area contributed by atoms with Crippen LogP contribution >= 0.6 is 0 Å². The fourth-order valence-corrected chi connectivity index (χ4v) is 3.30. The van der Waals surface area contributed by atoms with Crippen molar-refractivity contribution >= 4 is 10.0 Å². The van der Waals surface area contributed by atoms with Gasteiger partial charge in [0, 0.05) is 6.54 Å². The summed E-state index contributed by atoms with van der Waals surface area (Å²) < 4.78 is 32.0. The van der Waals surface area contributed by atoms with Crippen LogP contribution in [-0.4, -0.2) is 25.6 Å². The Kier molecular flexibility index (Phi) is 5.05. The third-order valence-electron chi connectivity index (χ3n) is 3.01. The molecule has 21 heavy (non-hydrogen) atoms. The first-order chi connectivity index (χ1) is 10.1. The molecular formula is C13H18N4O3S. The van der Waals surface area contributed by atoms with Gasteiger partial charge in [-0.25, -0.2) is 13.1 Å². The Hall–Kier alpha value is -1.77. The van der Waals surface area contributed by atoms with E-state index < -0.39 is 10.0 Å². The minimum Gasteiger partial charge on any atom is -0.343 e. The molecule has 0 aliphatic carbocycles. The molecule has 0 bridgehead atoms. The van der Waals surface area contributed by atoms with Crippen LogP contribution in [-0.2, 0) is 29.5 Å². The molecule has 0 amide bonds. The van der Waals surface area contributed by atoms with Crippen molar-refractivity contribution in [3.05, 3.63) is 41.5 Å². The normalized spacial score (nSPS) is 11.7. The van der Waals surface area contributed by atoms with E-state index in [2.05, 4.69) is 24.7 Å². The zero-order valence-corrected chi connectivity index (χ0v) is 12.8. The van der Waals surface area contributed by atoms with Crippen LogP contribution in [0.25, 0.3) is 0 Å². The molecule has 0 unspecified atom stereocenters. The highest BCUT2D eigenvalue weighted by atomic mass is 32.2. The summed E-state index contributed by atoms with van der Waals surface area (Å²) in [5.41, 5.74) is 1.69. The third-order valence-corrected chi connectivity index (χ3v) is 4.49. The standard InChI is InChI=1S/C13H18N4O3S/c1-3-11-5-4-10(7-14-2)6-12(11)21(18,19)16-8-13-15-9-20-17-13/h4-6,9,14,16H,3,7-8H2,1-2H3. The summed E-state index contributed by atoms with van der Waals surface area (Å²) in [7, 11) is -1.80. The van der Waals surface area contributed by atoms with Gasteiger partial charge in [-0.1, -0.05) is 24.2 Å². The summed E-state index contributed by atoms with van der Waals surface area (Å²) in [6.45, 7) is 2.53. The Morgan fingerprint density at radius 2 is 2.10 bits per heavy atom. The molecule has 0 saturated carbocycles. The van der Waals surface area contributed by atoms with E-state index in [0.717, 1.165) is 17.5 Å². The van der Waals surface area contributed by atoms with Gasteiger partial charge in [0.25, 0.3) is 0 Å². The Bertz CT molecular complexity index is 683. The molecule has 1 aromatic carbocycles. The number of aryl methyl sites for hydroxylation is 1. The number of sulfonamides is 1. The molecule has 0 fully saturated rings. The molecule has 0 atom stereocenters. The Balaban J connectivity index is 2.26. The van der Waals surface area contributed by atoms with Crippen LogP contribution in [0.5, 0.6) is 0 Å². The van der Waals surface area contributed by atoms with E-state index in [1.165, 1.54) is 0 Å². The molecular weight excluding hydrogens is 292 g/mol. The maximum atomic E-state index is 12.4. The molecule has 0 aliphatic rings. The monoisotopic (exact) mass is 310 g/mol. The first-order valence-corrected chi connectivity index (χ1v) is 8.06. The van der Waals surface area contributed by atoms with Gasteiger partial charge in [-0.2, -0.15) is 4.98 Å². The largest absolute Gasteiger partial charge is 0.343 e. The van der Waals surface area contributed by atoms with Crippen LogP contribution in [0.1, 0.15) is 23.9 Å². The summed E-state index contributed by atoms with van der Waals surface area (Å²) >= 11 is 0. The lowest BCUT2D eigenvalue weighted by Gasteiger charge is -2.11. The molecule has 0 saturated heterocycles. The van der Waals surface area contributed by atoms with Gasteiger partial charge in [0.15, 0.2) is 5.82 Å². The number of hydrogen-bond donors (Lipinski definition) is 2. The number of aromatic nitrogens is 2. The van der Waals surface area contributed by atoms with Gasteiger partial charge >= 0.3 is 0 Å². The lowest BCUT2D eigenvalue weighted by molar-refractivity contribution is 0.409. The van der Waals surface area contributed by atoms with Crippen molar-refractivity contribution < 1.29 is 12.9 Å². The van der Waals surface area contributed by atoms with Gasteiger partial charge in [0.05, 0.1) is 11.4 Å². The van der Waals surface area contributed by atoms with Gasteiger partial charge in [-0.05, 0) is 30.7 Å². The van der Waals surface area contributed by atoms with Gasteiger partial charge in [0.1, 0.15) is 0 Å². The fourth-order valence-electron chi connectivity index (χ4n) is 1.96. The molecule has 7 nitrogen and oxygen atoms in total. The second-order valence-electron chi connectivity index (χ2n) is 4.50. The Morgan fingerprint density at radius 3 is 2.71 bits per heavy atom. The molecule has 0 radical (unpaired) electrons. The first-order valence-electron chi connectivity index (χ1n) is 6.58. The average Bonchev–Trinajstić information content (AvgIpc) is 2.99. The van der Waals surface area contributed by atoms with E-state index >= 15 is 0 Å². The fraction of sp³-hybridized carbons (Fsp3) is 0.385. The van der Waals surface area contributed by atoms with Crippen molar-refractivity contribution in [3.8, 4) is 0 Å². The predicted molar refractivity (Wildman–Crippen MR) is 76.9 cm³/mol. The first kappa shape index (κ1) is 15.6. The second kappa shape index (κ2) is 6.79. The minimum absolute atomic E-state index is 0.00174. The van der Waals surface area contributed by atoms with Crippen molar-refractivity contribution in [1.82, 2.24) is 20.2 Å². The lowest BCUT2D eigenvalue weighted by Crippen LogP contribution is -2.25. The zero-order valence-electron chi connectivity index (χ0n) is 12.0. The average molecular weight is 310 g/mol. The SMILES string of the molecule is CCc1ccc(CNC)cc1S(=O)(=O)NCc1ncon1. The maximum absolute atomic E-state index is 12.4. The van der Waals surface area contributed by atoms with Crippen molar-refractivity contribution in [2.75, 3.05) is 7.05 Å². The van der Waals surface area contributed by atoms with E-state index in [0.29, 0.717) is 23.7 Å². The van der Waals surface area contributed by atoms with E-state index in [9.17, 15) is 8.42 Å². The van der Waals surface area contributed by atoms with Gasteiger partial charge in [0.2, 0.25) is 16.4 Å². The van der Waals surface area contributed by atoms with E-state index in [-0.39, 0.29) is 6.54 Å². The smallest absolute Gasteiger partial charge is 0.241 e. The van der Waals surface area contributed by atoms with Crippen LogP contribution in [0, 0.1) is 0 Å². The van der Waals surface area contributed by atoms with Crippen LogP contribution in [0.15, 0.2) is 34.0 Å². The number of rotatable bonds is 7. The summed E-state index contributed by atoms with van der Waals surface area (Å²) in [5.74, 6) is 0.294. The minimum atomic E-state index is -3.62. The van der Waals surface area contributed by atoms with Gasteiger partial charge in [-0.3, -0.25) is 0 Å². The molecule has 114 valence electrons. The number of nitrogens with one attached hydrogen (secondary N) is 2. The molecule has 0 aliphatic heterocycles. The number of benzene rings is 1. The zero-order chi connectivity index (χ0) is 15.3. The van der Waals surface area contributed by atoms with Crippen molar-refractivity contribution in [2.24, 2.45) is 0 Å². The number of nitrogens with zero attached hydrogens (tertiary/aromatic N) is 2. The van der Waals surface area contributed by atoms with Gasteiger partial charge < -0.3 is 9.84 Å². The Morgan fingerprint density at radius 1 is 1.29 bits per heavy atom. The number of hydrogen-bond acceptors (Lipinski definition) is 6. The molecule has 2 N–H and O–H groups in total. The molecule has 1 aromatic heterocycles. The Labute approximate surface area is 123 Å². The molecule has 2 aromatic rings. The quantitative estimate of drug-likeness (QED) is 0.786. The summed E-state index contributed by atoms with van der Waals surface area (Å²) in [5, 5.41) is 6.59. The highest BCUT2D eigenvalue weighted by Gasteiger charge is 2.19. The third kappa shape index (κ3) is 3.87. The lowest BCUT2D eigenvalue weighted by atomic mass is 10.1. The van der Waals surface area contributed by atoms with Gasteiger partial charge in [-0.15, -0.1) is 0 Å². The maximum Gasteiger partial charge on any atom is 0.241 e. The highest BCUT2D eigenvalue weighted by molar-refractivity contribution is 7.89. The van der Waals surface area contributed by atoms with E-state index in [1.807, 2.05) is 26.1 Å².